The van der Waals surface area contributed by atoms with Crippen LogP contribution in [0.25, 0.3) is 0 Å². The molecule has 0 aliphatic carbocycles. The second-order valence-corrected chi connectivity index (χ2v) is 8.38. The van der Waals surface area contributed by atoms with E-state index >= 15 is 0 Å². The number of amides is 1. The van der Waals surface area contributed by atoms with Crippen LogP contribution in [0.1, 0.15) is 53.4 Å². The van der Waals surface area contributed by atoms with Crippen molar-refractivity contribution in [2.45, 2.75) is 77.1 Å². The zero-order valence-electron chi connectivity index (χ0n) is 18.4. The van der Waals surface area contributed by atoms with E-state index in [2.05, 4.69) is 0 Å². The number of hydrogen-bond acceptors (Lipinski definition) is 9. The van der Waals surface area contributed by atoms with Crippen LogP contribution >= 0.6 is 11.8 Å². The van der Waals surface area contributed by atoms with E-state index in [0.29, 0.717) is 18.7 Å². The Hall–Kier alpha value is -1.81. The summed E-state index contributed by atoms with van der Waals surface area (Å²) in [6.45, 7) is 6.45. The van der Waals surface area contributed by atoms with Crippen LogP contribution in [0.5, 0.6) is 0 Å². The summed E-state index contributed by atoms with van der Waals surface area (Å²) < 4.78 is 21.8. The van der Waals surface area contributed by atoms with Gasteiger partial charge in [-0.3, -0.25) is 19.2 Å². The van der Waals surface area contributed by atoms with Crippen LogP contribution in [0.4, 0.5) is 0 Å². The average molecular weight is 448 g/mol. The minimum atomic E-state index is -0.774. The molecule has 1 aliphatic rings. The van der Waals surface area contributed by atoms with Crippen molar-refractivity contribution in [3.05, 3.63) is 0 Å². The third-order valence-electron chi connectivity index (χ3n) is 4.36. The van der Waals surface area contributed by atoms with Crippen molar-refractivity contribution in [2.75, 3.05) is 26.0 Å². The predicted octanol–water partition coefficient (Wildman–Crippen LogP) is 1.91. The van der Waals surface area contributed by atoms with E-state index in [1.807, 2.05) is 6.92 Å². The summed E-state index contributed by atoms with van der Waals surface area (Å²) in [7, 11) is 1.77. The Morgan fingerprint density at radius 3 is 2.30 bits per heavy atom. The number of nitrogens with zero attached hydrogens (tertiary/aromatic N) is 1. The van der Waals surface area contributed by atoms with Crippen LogP contribution in [0.3, 0.4) is 0 Å². The van der Waals surface area contributed by atoms with Crippen LogP contribution in [-0.2, 0) is 38.1 Å². The lowest BCUT2D eigenvalue weighted by molar-refractivity contribution is -0.197. The third-order valence-corrected chi connectivity index (χ3v) is 5.59. The zero-order chi connectivity index (χ0) is 22.7. The Morgan fingerprint density at radius 2 is 1.73 bits per heavy atom. The van der Waals surface area contributed by atoms with Gasteiger partial charge in [-0.15, -0.1) is 11.8 Å². The Labute approximate surface area is 182 Å². The summed E-state index contributed by atoms with van der Waals surface area (Å²) >= 11 is 1.41. The van der Waals surface area contributed by atoms with E-state index in [0.717, 1.165) is 12.8 Å². The molecule has 30 heavy (non-hydrogen) atoms. The highest BCUT2D eigenvalue weighted by atomic mass is 32.2. The van der Waals surface area contributed by atoms with E-state index < -0.39 is 41.7 Å². The highest BCUT2D eigenvalue weighted by Crippen LogP contribution is 2.32. The van der Waals surface area contributed by atoms with Gasteiger partial charge in [-0.25, -0.2) is 0 Å². The minimum Gasteiger partial charge on any atom is -0.463 e. The maximum absolute atomic E-state index is 11.9. The second kappa shape index (κ2) is 13.5. The lowest BCUT2D eigenvalue weighted by atomic mass is 10.0. The number of carbonyl (C=O) groups is 4. The highest BCUT2D eigenvalue weighted by molar-refractivity contribution is 7.99. The fraction of sp³-hybridized carbons (Fsp3) is 0.800. The number of esters is 3. The van der Waals surface area contributed by atoms with Crippen LogP contribution in [0, 0.1) is 0 Å². The molecule has 0 aromatic carbocycles. The molecule has 0 saturated carbocycles. The highest BCUT2D eigenvalue weighted by Gasteiger charge is 2.43. The van der Waals surface area contributed by atoms with Gasteiger partial charge in [0.15, 0.2) is 6.10 Å². The Morgan fingerprint density at radius 1 is 1.07 bits per heavy atom. The van der Waals surface area contributed by atoms with E-state index in [1.165, 1.54) is 32.5 Å². The summed E-state index contributed by atoms with van der Waals surface area (Å²) in [5, 5.41) is 0. The van der Waals surface area contributed by atoms with Gasteiger partial charge in [0.2, 0.25) is 5.91 Å². The summed E-state index contributed by atoms with van der Waals surface area (Å²) in [5.41, 5.74) is -0.593. The maximum atomic E-state index is 11.9. The molecule has 9 nitrogen and oxygen atoms in total. The van der Waals surface area contributed by atoms with Crippen molar-refractivity contribution in [1.82, 2.24) is 4.90 Å². The third kappa shape index (κ3) is 9.80. The van der Waals surface area contributed by atoms with Crippen molar-refractivity contribution in [3.63, 3.8) is 0 Å². The van der Waals surface area contributed by atoms with Crippen molar-refractivity contribution < 1.29 is 38.1 Å². The van der Waals surface area contributed by atoms with Crippen LogP contribution in [0.2, 0.25) is 0 Å². The molecular formula is C20H33NO8S. The Kier molecular flexibility index (Phi) is 11.8. The molecule has 1 unspecified atom stereocenters. The minimum absolute atomic E-state index is 0.0191. The van der Waals surface area contributed by atoms with Crippen molar-refractivity contribution in [3.8, 4) is 0 Å². The lowest BCUT2D eigenvalue weighted by Gasteiger charge is -2.40. The normalized spacial score (nSPS) is 23.4. The molecule has 1 heterocycles. The van der Waals surface area contributed by atoms with Gasteiger partial charge in [0.25, 0.3) is 0 Å². The van der Waals surface area contributed by atoms with E-state index in [4.69, 9.17) is 18.9 Å². The molecule has 1 saturated heterocycles. The largest absolute Gasteiger partial charge is 0.463 e. The van der Waals surface area contributed by atoms with Gasteiger partial charge in [0.05, 0.1) is 6.10 Å². The number of hydrogen-bond donors (Lipinski definition) is 0. The van der Waals surface area contributed by atoms with Gasteiger partial charge < -0.3 is 23.8 Å². The summed E-state index contributed by atoms with van der Waals surface area (Å²) in [5.74, 6) is -0.696. The molecule has 0 aromatic heterocycles. The molecule has 1 amide bonds. The molecule has 4 atom stereocenters. The van der Waals surface area contributed by atoms with Gasteiger partial charge in [-0.1, -0.05) is 6.92 Å². The summed E-state index contributed by atoms with van der Waals surface area (Å²) in [6.07, 6.45) is 0.324. The van der Waals surface area contributed by atoms with Gasteiger partial charge >= 0.3 is 17.9 Å². The molecule has 0 N–H and O–H groups in total. The first kappa shape index (κ1) is 26.2. The van der Waals surface area contributed by atoms with Crippen molar-refractivity contribution in [2.24, 2.45) is 0 Å². The SMILES string of the molecule is CCCC(=O)N(C)CCCS[C@@H]1OC(COC(C)=O)C[C@H](OC(C)=O)[C@H]1OC(C)=O. The molecule has 0 spiro atoms. The standard InChI is InChI=1S/C20H33NO8S/c1-6-8-18(25)21(5)9-7-10-30-20-19(28-15(4)24)17(27-14(3)23)11-16(29-20)12-26-13(2)22/h16-17,19-20H,6-12H2,1-5H3/t16?,17-,19+,20-/m0/s1. The lowest BCUT2D eigenvalue weighted by Crippen LogP contribution is -2.51. The average Bonchev–Trinajstić information content (AvgIpc) is 2.64. The predicted molar refractivity (Wildman–Crippen MR) is 111 cm³/mol. The number of rotatable bonds is 11. The van der Waals surface area contributed by atoms with Crippen molar-refractivity contribution in [1.29, 1.82) is 0 Å². The van der Waals surface area contributed by atoms with Gasteiger partial charge in [-0.05, 0) is 18.6 Å². The Balaban J connectivity index is 2.75. The molecule has 1 rings (SSSR count). The molecule has 0 aromatic rings. The van der Waals surface area contributed by atoms with Crippen LogP contribution in [-0.4, -0.2) is 78.4 Å². The molecule has 0 radical (unpaired) electrons. The molecule has 172 valence electrons. The van der Waals surface area contributed by atoms with E-state index in [1.54, 1.807) is 11.9 Å². The van der Waals surface area contributed by atoms with E-state index in [9.17, 15) is 19.2 Å². The molecule has 10 heteroatoms. The first-order valence-corrected chi connectivity index (χ1v) is 11.2. The fourth-order valence-corrected chi connectivity index (χ4v) is 4.21. The van der Waals surface area contributed by atoms with Gasteiger partial charge in [0.1, 0.15) is 18.1 Å². The maximum Gasteiger partial charge on any atom is 0.303 e. The molecular weight excluding hydrogens is 414 g/mol. The van der Waals surface area contributed by atoms with Crippen molar-refractivity contribution >= 4 is 35.6 Å². The molecule has 1 aliphatic heterocycles. The fourth-order valence-electron chi connectivity index (χ4n) is 3.02. The topological polar surface area (TPSA) is 108 Å². The summed E-state index contributed by atoms with van der Waals surface area (Å²) in [4.78, 5) is 47.9. The number of thioether (sulfide) groups is 1. The summed E-state index contributed by atoms with van der Waals surface area (Å²) in [6, 6.07) is 0. The van der Waals surface area contributed by atoms with Crippen LogP contribution in [0.15, 0.2) is 0 Å². The Bertz CT molecular complexity index is 599. The molecule has 0 bridgehead atoms. The quantitative estimate of drug-likeness (QED) is 0.266. The number of ether oxygens (including phenoxy) is 4. The first-order chi connectivity index (χ1) is 14.1. The smallest absolute Gasteiger partial charge is 0.303 e. The second-order valence-electron chi connectivity index (χ2n) is 7.18. The van der Waals surface area contributed by atoms with Crippen LogP contribution < -0.4 is 0 Å². The molecule has 1 fully saturated rings. The first-order valence-electron chi connectivity index (χ1n) is 10.1. The zero-order valence-corrected chi connectivity index (χ0v) is 19.2. The van der Waals surface area contributed by atoms with E-state index in [-0.39, 0.29) is 18.9 Å². The monoisotopic (exact) mass is 447 g/mol. The van der Waals surface area contributed by atoms with Gasteiger partial charge in [0, 0.05) is 47.2 Å². The van der Waals surface area contributed by atoms with Gasteiger partial charge in [-0.2, -0.15) is 0 Å². The number of carbonyl (C=O) groups excluding carboxylic acids is 4.